The molecule has 0 aromatic heterocycles. The van der Waals surface area contributed by atoms with Crippen molar-refractivity contribution in [1.82, 2.24) is 4.90 Å². The number of rotatable bonds is 7. The molecule has 0 aliphatic heterocycles. The summed E-state index contributed by atoms with van der Waals surface area (Å²) in [5.41, 5.74) is 2.02. The van der Waals surface area contributed by atoms with E-state index in [1.165, 1.54) is 4.90 Å². The minimum Gasteiger partial charge on any atom is -0.395 e. The van der Waals surface area contributed by atoms with E-state index in [1.807, 2.05) is 25.1 Å². The maximum atomic E-state index is 11.9. The Balaban J connectivity index is 2.54. The first-order valence-corrected chi connectivity index (χ1v) is 6.70. The zero-order valence-corrected chi connectivity index (χ0v) is 11.9. The van der Waals surface area contributed by atoms with Crippen LogP contribution >= 0.6 is 11.6 Å². The van der Waals surface area contributed by atoms with Gasteiger partial charge in [-0.25, -0.2) is 0 Å². The summed E-state index contributed by atoms with van der Waals surface area (Å²) < 4.78 is 0. The highest BCUT2D eigenvalue weighted by Gasteiger charge is 2.12. The second kappa shape index (κ2) is 8.15. The van der Waals surface area contributed by atoms with Crippen LogP contribution in [0.5, 0.6) is 0 Å². The average molecular weight is 286 g/mol. The maximum absolute atomic E-state index is 11.9. The Morgan fingerprint density at radius 3 is 2.42 bits per heavy atom. The number of aliphatic hydroxyl groups excluding tert-OH is 2. The van der Waals surface area contributed by atoms with Crippen molar-refractivity contribution in [2.45, 2.75) is 19.8 Å². The molecule has 0 unspecified atom stereocenters. The second-order valence-corrected chi connectivity index (χ2v) is 4.82. The number of benzene rings is 1. The molecule has 5 heteroatoms. The first-order chi connectivity index (χ1) is 9.08. The Morgan fingerprint density at radius 2 is 1.89 bits per heavy atom. The molecule has 0 saturated carbocycles. The van der Waals surface area contributed by atoms with Crippen LogP contribution in [0.1, 0.15) is 17.5 Å². The number of amides is 1. The van der Waals surface area contributed by atoms with Crippen LogP contribution in [0.4, 0.5) is 0 Å². The number of aliphatic hydroxyl groups is 2. The smallest absolute Gasteiger partial charge is 0.223 e. The number of nitrogens with zero attached hydrogens (tertiary/aromatic N) is 1. The van der Waals surface area contributed by atoms with E-state index in [0.717, 1.165) is 11.1 Å². The van der Waals surface area contributed by atoms with Gasteiger partial charge in [0.15, 0.2) is 0 Å². The van der Waals surface area contributed by atoms with Gasteiger partial charge in [-0.15, -0.1) is 0 Å². The molecule has 0 atom stereocenters. The molecule has 0 heterocycles. The van der Waals surface area contributed by atoms with E-state index in [-0.39, 0.29) is 32.2 Å². The predicted molar refractivity (Wildman–Crippen MR) is 75.3 cm³/mol. The molecule has 1 aromatic carbocycles. The molecule has 0 saturated heterocycles. The normalized spacial score (nSPS) is 10.5. The lowest BCUT2D eigenvalue weighted by atomic mass is 10.1. The molecule has 2 N–H and O–H groups in total. The van der Waals surface area contributed by atoms with E-state index >= 15 is 0 Å². The van der Waals surface area contributed by atoms with Gasteiger partial charge in [-0.1, -0.05) is 23.7 Å². The van der Waals surface area contributed by atoms with Crippen LogP contribution < -0.4 is 0 Å². The summed E-state index contributed by atoms with van der Waals surface area (Å²) in [5, 5.41) is 18.4. The van der Waals surface area contributed by atoms with Crippen LogP contribution in [0.3, 0.4) is 0 Å². The highest BCUT2D eigenvalue weighted by atomic mass is 35.5. The quantitative estimate of drug-likeness (QED) is 0.796. The van der Waals surface area contributed by atoms with Crippen LogP contribution in [0.2, 0.25) is 5.02 Å². The zero-order chi connectivity index (χ0) is 14.3. The van der Waals surface area contributed by atoms with Gasteiger partial charge in [0.05, 0.1) is 13.2 Å². The van der Waals surface area contributed by atoms with E-state index in [9.17, 15) is 4.79 Å². The molecule has 0 aliphatic rings. The number of halogens is 1. The third-order valence-corrected chi connectivity index (χ3v) is 3.36. The SMILES string of the molecule is Cc1ccc(CCC(=O)N(CCO)CCO)cc1Cl. The zero-order valence-electron chi connectivity index (χ0n) is 11.1. The number of carbonyl (C=O) groups is 1. The molecule has 0 spiro atoms. The van der Waals surface area contributed by atoms with Gasteiger partial charge in [-0.05, 0) is 30.5 Å². The average Bonchev–Trinajstić information content (AvgIpc) is 2.39. The third kappa shape index (κ3) is 5.19. The molecule has 4 nitrogen and oxygen atoms in total. The first-order valence-electron chi connectivity index (χ1n) is 6.33. The molecule has 0 bridgehead atoms. The lowest BCUT2D eigenvalue weighted by molar-refractivity contribution is -0.132. The topological polar surface area (TPSA) is 60.8 Å². The van der Waals surface area contributed by atoms with E-state index < -0.39 is 0 Å². The molecule has 106 valence electrons. The summed E-state index contributed by atoms with van der Waals surface area (Å²) in [6.07, 6.45) is 0.950. The summed E-state index contributed by atoms with van der Waals surface area (Å²) in [4.78, 5) is 13.4. The van der Waals surface area contributed by atoms with Crippen molar-refractivity contribution in [2.75, 3.05) is 26.3 Å². The molecule has 1 rings (SSSR count). The molecule has 0 fully saturated rings. The van der Waals surface area contributed by atoms with Crippen LogP contribution in [-0.4, -0.2) is 47.3 Å². The standard InChI is InChI=1S/C14H20ClNO3/c1-11-2-3-12(10-13(11)15)4-5-14(19)16(6-8-17)7-9-18/h2-3,10,17-18H,4-9H2,1H3. The fraction of sp³-hybridized carbons (Fsp3) is 0.500. The van der Waals surface area contributed by atoms with E-state index in [2.05, 4.69) is 0 Å². The number of hydrogen-bond donors (Lipinski definition) is 2. The van der Waals surface area contributed by atoms with Gasteiger partial charge in [0.2, 0.25) is 5.91 Å². The summed E-state index contributed by atoms with van der Waals surface area (Å²) >= 11 is 6.03. The van der Waals surface area contributed by atoms with E-state index in [4.69, 9.17) is 21.8 Å². The van der Waals surface area contributed by atoms with Crippen molar-refractivity contribution >= 4 is 17.5 Å². The minimum absolute atomic E-state index is 0.0696. The summed E-state index contributed by atoms with van der Waals surface area (Å²) in [6, 6.07) is 5.75. The van der Waals surface area contributed by atoms with Crippen molar-refractivity contribution in [2.24, 2.45) is 0 Å². The molecule has 0 radical (unpaired) electrons. The first kappa shape index (κ1) is 16.0. The van der Waals surface area contributed by atoms with Crippen LogP contribution in [-0.2, 0) is 11.2 Å². The Morgan fingerprint density at radius 1 is 1.26 bits per heavy atom. The van der Waals surface area contributed by atoms with Crippen molar-refractivity contribution in [3.8, 4) is 0 Å². The Labute approximate surface area is 118 Å². The van der Waals surface area contributed by atoms with Crippen molar-refractivity contribution in [3.05, 3.63) is 34.3 Å². The van der Waals surface area contributed by atoms with Gasteiger partial charge < -0.3 is 15.1 Å². The van der Waals surface area contributed by atoms with Crippen molar-refractivity contribution in [1.29, 1.82) is 0 Å². The van der Waals surface area contributed by atoms with Crippen molar-refractivity contribution < 1.29 is 15.0 Å². The van der Waals surface area contributed by atoms with E-state index in [0.29, 0.717) is 17.9 Å². The monoisotopic (exact) mass is 285 g/mol. The van der Waals surface area contributed by atoms with E-state index in [1.54, 1.807) is 0 Å². The molecular weight excluding hydrogens is 266 g/mol. The Kier molecular flexibility index (Phi) is 6.84. The molecular formula is C14H20ClNO3. The summed E-state index contributed by atoms with van der Waals surface area (Å²) in [6.45, 7) is 2.26. The van der Waals surface area contributed by atoms with Gasteiger partial charge in [0, 0.05) is 24.5 Å². The molecule has 1 amide bonds. The molecule has 19 heavy (non-hydrogen) atoms. The highest BCUT2D eigenvalue weighted by Crippen LogP contribution is 2.17. The molecule has 0 aliphatic carbocycles. The van der Waals surface area contributed by atoms with Gasteiger partial charge in [-0.3, -0.25) is 4.79 Å². The second-order valence-electron chi connectivity index (χ2n) is 4.41. The van der Waals surface area contributed by atoms with Crippen LogP contribution in [0.25, 0.3) is 0 Å². The summed E-state index contributed by atoms with van der Waals surface area (Å²) in [7, 11) is 0. The number of aryl methyl sites for hydroxylation is 2. The van der Waals surface area contributed by atoms with Crippen LogP contribution in [0, 0.1) is 6.92 Å². The Bertz CT molecular complexity index is 417. The summed E-state index contributed by atoms with van der Waals surface area (Å²) in [5.74, 6) is -0.0696. The maximum Gasteiger partial charge on any atom is 0.223 e. The molecule has 1 aromatic rings. The minimum atomic E-state index is -0.0951. The number of hydrogen-bond acceptors (Lipinski definition) is 3. The van der Waals surface area contributed by atoms with Crippen molar-refractivity contribution in [3.63, 3.8) is 0 Å². The Hall–Kier alpha value is -1.10. The third-order valence-electron chi connectivity index (χ3n) is 2.96. The van der Waals surface area contributed by atoms with Gasteiger partial charge in [-0.2, -0.15) is 0 Å². The lowest BCUT2D eigenvalue weighted by Crippen LogP contribution is -2.35. The van der Waals surface area contributed by atoms with Gasteiger partial charge in [0.25, 0.3) is 0 Å². The number of carbonyl (C=O) groups excluding carboxylic acids is 1. The lowest BCUT2D eigenvalue weighted by Gasteiger charge is -2.20. The van der Waals surface area contributed by atoms with Crippen LogP contribution in [0.15, 0.2) is 18.2 Å². The fourth-order valence-corrected chi connectivity index (χ4v) is 2.01. The largest absolute Gasteiger partial charge is 0.395 e. The highest BCUT2D eigenvalue weighted by molar-refractivity contribution is 6.31. The van der Waals surface area contributed by atoms with Gasteiger partial charge in [0.1, 0.15) is 0 Å². The predicted octanol–water partition coefficient (Wildman–Crippen LogP) is 1.39. The fourth-order valence-electron chi connectivity index (χ4n) is 1.80. The van der Waals surface area contributed by atoms with Gasteiger partial charge >= 0.3 is 0 Å².